The quantitative estimate of drug-likeness (QED) is 0.212. The highest BCUT2D eigenvalue weighted by atomic mass is 16.4. The average molecular weight is 338 g/mol. The molecule has 0 aromatic heterocycles. The van der Waals surface area contributed by atoms with Crippen molar-refractivity contribution in [1.29, 1.82) is 0 Å². The zero-order chi connectivity index (χ0) is 18.4. The van der Waals surface area contributed by atoms with Crippen molar-refractivity contribution in [1.82, 2.24) is 5.43 Å². The van der Waals surface area contributed by atoms with Crippen LogP contribution in [0.5, 0.6) is 0 Å². The number of aliphatic carboxylic acids is 1. The summed E-state index contributed by atoms with van der Waals surface area (Å²) < 4.78 is 0. The van der Waals surface area contributed by atoms with Crippen molar-refractivity contribution in [2.75, 3.05) is 5.32 Å². The summed E-state index contributed by atoms with van der Waals surface area (Å²) in [5.74, 6) is 3.74. The van der Waals surface area contributed by atoms with Crippen molar-refractivity contribution in [2.24, 2.45) is 10.8 Å². The van der Waals surface area contributed by atoms with Crippen molar-refractivity contribution < 1.29 is 14.7 Å². The third kappa shape index (κ3) is 4.52. The number of carbonyl (C=O) groups excluding carboxylic acids is 1. The largest absolute Gasteiger partial charge is 0.478 e. The monoisotopic (exact) mass is 338 g/mol. The molecule has 0 saturated heterocycles. The van der Waals surface area contributed by atoms with Gasteiger partial charge in [0, 0.05) is 11.3 Å². The zero-order valence-corrected chi connectivity index (χ0v) is 13.6. The molecule has 0 atom stereocenters. The van der Waals surface area contributed by atoms with Gasteiger partial charge in [0.25, 0.3) is 5.91 Å². The second-order valence-corrected chi connectivity index (χ2v) is 5.24. The number of aryl methyl sites for hydroxylation is 1. The number of carbonyl (C=O) groups is 2. The van der Waals surface area contributed by atoms with Crippen LogP contribution in [0.15, 0.2) is 54.0 Å². The zero-order valence-electron chi connectivity index (χ0n) is 13.6. The first-order valence-electron chi connectivity index (χ1n) is 7.35. The molecule has 0 aliphatic heterocycles. The topological polar surface area (TPSA) is 117 Å². The first kappa shape index (κ1) is 17.9. The molecule has 2 aromatic carbocycles. The fourth-order valence-corrected chi connectivity index (χ4v) is 2.15. The van der Waals surface area contributed by atoms with E-state index in [2.05, 4.69) is 22.3 Å². The smallest absolute Gasteiger partial charge is 0.335 e. The molecule has 5 N–H and O–H groups in total. The van der Waals surface area contributed by atoms with Crippen LogP contribution in [0.4, 0.5) is 11.4 Å². The molecule has 0 aliphatic carbocycles. The van der Waals surface area contributed by atoms with E-state index < -0.39 is 5.97 Å². The van der Waals surface area contributed by atoms with Gasteiger partial charge in [0.05, 0.1) is 11.3 Å². The molecule has 0 unspecified atom stereocenters. The third-order valence-corrected chi connectivity index (χ3v) is 3.48. The number of carboxylic acid groups (broad SMARTS) is 1. The van der Waals surface area contributed by atoms with Gasteiger partial charge in [-0.15, -0.1) is 0 Å². The highest BCUT2D eigenvalue weighted by molar-refractivity contribution is 6.14. The predicted molar refractivity (Wildman–Crippen MR) is 97.7 cm³/mol. The Bertz CT molecular complexity index is 859. The Morgan fingerprint density at radius 2 is 1.96 bits per heavy atom. The summed E-state index contributed by atoms with van der Waals surface area (Å²) >= 11 is 0. The average Bonchev–Trinajstić information content (AvgIpc) is 2.61. The lowest BCUT2D eigenvalue weighted by atomic mass is 10.0. The van der Waals surface area contributed by atoms with Crippen molar-refractivity contribution >= 4 is 35.2 Å². The summed E-state index contributed by atoms with van der Waals surface area (Å²) in [6.45, 7) is 5.30. The molecule has 2 aromatic rings. The Kier molecular flexibility index (Phi) is 5.65. The third-order valence-electron chi connectivity index (χ3n) is 3.48. The SMILES string of the molecule is C=C(C(=O)O)c1ccc(NC(=O)c2cccc(N=CNN)c2)c(C)c1. The number of amides is 1. The molecule has 0 bridgehead atoms. The minimum absolute atomic E-state index is 0.0000486. The minimum atomic E-state index is -1.08. The van der Waals surface area contributed by atoms with E-state index in [-0.39, 0.29) is 11.5 Å². The van der Waals surface area contributed by atoms with Crippen LogP contribution in [0.2, 0.25) is 0 Å². The number of carboxylic acids is 1. The lowest BCUT2D eigenvalue weighted by Crippen LogP contribution is -2.18. The van der Waals surface area contributed by atoms with Gasteiger partial charge >= 0.3 is 5.97 Å². The summed E-state index contributed by atoms with van der Waals surface area (Å²) in [6.07, 6.45) is 1.31. The van der Waals surface area contributed by atoms with Gasteiger partial charge < -0.3 is 15.8 Å². The summed E-state index contributed by atoms with van der Waals surface area (Å²) in [5.41, 5.74) is 5.12. The van der Waals surface area contributed by atoms with E-state index in [0.717, 1.165) is 5.56 Å². The molecule has 0 radical (unpaired) electrons. The van der Waals surface area contributed by atoms with E-state index in [1.54, 1.807) is 49.4 Å². The van der Waals surface area contributed by atoms with Crippen LogP contribution < -0.4 is 16.6 Å². The second kappa shape index (κ2) is 7.89. The van der Waals surface area contributed by atoms with Crippen LogP contribution in [0.1, 0.15) is 21.5 Å². The number of benzene rings is 2. The van der Waals surface area contributed by atoms with Crippen molar-refractivity contribution in [3.8, 4) is 0 Å². The van der Waals surface area contributed by atoms with E-state index in [4.69, 9.17) is 10.9 Å². The van der Waals surface area contributed by atoms with E-state index in [0.29, 0.717) is 22.5 Å². The fourth-order valence-electron chi connectivity index (χ4n) is 2.15. The van der Waals surface area contributed by atoms with Gasteiger partial charge in [-0.1, -0.05) is 18.7 Å². The molecule has 2 rings (SSSR count). The fraction of sp³-hybridized carbons (Fsp3) is 0.0556. The maximum absolute atomic E-state index is 12.4. The highest BCUT2D eigenvalue weighted by Gasteiger charge is 2.11. The van der Waals surface area contributed by atoms with Gasteiger partial charge in [-0.05, 0) is 48.4 Å². The molecule has 7 nitrogen and oxygen atoms in total. The molecular weight excluding hydrogens is 320 g/mol. The van der Waals surface area contributed by atoms with Crippen LogP contribution in [0.3, 0.4) is 0 Å². The molecule has 0 saturated carbocycles. The molecule has 1 amide bonds. The minimum Gasteiger partial charge on any atom is -0.478 e. The number of nitrogens with two attached hydrogens (primary N) is 1. The normalized spacial score (nSPS) is 10.5. The summed E-state index contributed by atoms with van der Waals surface area (Å²) in [6, 6.07) is 11.7. The van der Waals surface area contributed by atoms with Crippen LogP contribution in [-0.4, -0.2) is 23.3 Å². The first-order valence-corrected chi connectivity index (χ1v) is 7.35. The maximum atomic E-state index is 12.4. The highest BCUT2D eigenvalue weighted by Crippen LogP contribution is 2.22. The van der Waals surface area contributed by atoms with E-state index in [1.807, 2.05) is 0 Å². The number of anilines is 1. The molecule has 0 aliphatic rings. The summed E-state index contributed by atoms with van der Waals surface area (Å²) in [7, 11) is 0. The van der Waals surface area contributed by atoms with Gasteiger partial charge in [-0.25, -0.2) is 15.6 Å². The van der Waals surface area contributed by atoms with E-state index in [9.17, 15) is 9.59 Å². The molecule has 0 spiro atoms. The van der Waals surface area contributed by atoms with Crippen molar-refractivity contribution in [3.05, 3.63) is 65.7 Å². The van der Waals surface area contributed by atoms with Gasteiger partial charge in [0.2, 0.25) is 0 Å². The lowest BCUT2D eigenvalue weighted by molar-refractivity contribution is -0.130. The number of hydrogen-bond acceptors (Lipinski definition) is 4. The molecule has 128 valence electrons. The van der Waals surface area contributed by atoms with Crippen molar-refractivity contribution in [3.63, 3.8) is 0 Å². The second-order valence-electron chi connectivity index (χ2n) is 5.24. The predicted octanol–water partition coefficient (Wildman–Crippen LogP) is 2.47. The Morgan fingerprint density at radius 1 is 1.20 bits per heavy atom. The van der Waals surface area contributed by atoms with Crippen LogP contribution >= 0.6 is 0 Å². The standard InChI is InChI=1S/C18H18N4O3/c1-11-8-13(12(2)18(24)25)6-7-16(11)22-17(23)14-4-3-5-15(9-14)20-10-21-19/h3-10H,2,19H2,1H3,(H,20,21)(H,22,23)(H,24,25). The summed E-state index contributed by atoms with van der Waals surface area (Å²) in [5, 5.41) is 11.8. The Labute approximate surface area is 144 Å². The van der Waals surface area contributed by atoms with Crippen LogP contribution in [-0.2, 0) is 4.79 Å². The Balaban J connectivity index is 2.19. The van der Waals surface area contributed by atoms with Crippen LogP contribution in [0, 0.1) is 6.92 Å². The van der Waals surface area contributed by atoms with Gasteiger partial charge in [0.1, 0.15) is 6.34 Å². The van der Waals surface area contributed by atoms with Gasteiger partial charge in [-0.3, -0.25) is 4.79 Å². The van der Waals surface area contributed by atoms with E-state index >= 15 is 0 Å². The number of aliphatic imine (C=N–C) groups is 1. The number of nitrogens with one attached hydrogen (secondary N) is 2. The van der Waals surface area contributed by atoms with Crippen LogP contribution in [0.25, 0.3) is 5.57 Å². The molecule has 0 fully saturated rings. The number of hydrazine groups is 1. The van der Waals surface area contributed by atoms with Gasteiger partial charge in [0.15, 0.2) is 0 Å². The Hall–Kier alpha value is -3.45. The number of hydrogen-bond donors (Lipinski definition) is 4. The summed E-state index contributed by atoms with van der Waals surface area (Å²) in [4.78, 5) is 27.4. The number of nitrogens with zero attached hydrogens (tertiary/aromatic N) is 1. The molecule has 7 heteroatoms. The lowest BCUT2D eigenvalue weighted by Gasteiger charge is -2.11. The first-order chi connectivity index (χ1) is 11.9. The Morgan fingerprint density at radius 3 is 2.60 bits per heavy atom. The van der Waals surface area contributed by atoms with Gasteiger partial charge in [-0.2, -0.15) is 0 Å². The molecular formula is C18H18N4O3. The molecule has 0 heterocycles. The maximum Gasteiger partial charge on any atom is 0.335 e. The molecule has 25 heavy (non-hydrogen) atoms. The van der Waals surface area contributed by atoms with Crippen molar-refractivity contribution in [2.45, 2.75) is 6.92 Å². The van der Waals surface area contributed by atoms with E-state index in [1.165, 1.54) is 6.34 Å². The number of rotatable bonds is 6.